The molecule has 4 rings (SSSR count). The maximum atomic E-state index is 13.5. The van der Waals surface area contributed by atoms with Crippen LogP contribution in [0.25, 0.3) is 11.5 Å². The Morgan fingerprint density at radius 1 is 0.872 bits per heavy atom. The van der Waals surface area contributed by atoms with Gasteiger partial charge in [0.15, 0.2) is 11.6 Å². The molecule has 1 aromatic heterocycles. The smallest absolute Gasteiger partial charge is 0.287 e. The number of carbonyl (C=O) groups is 2. The number of nitrogens with one attached hydrogen (secondary N) is 1. The molecule has 0 atom stereocenters. The SMILES string of the molecule is O=C(CCCCCOc1cc(F)ccc1F)C(=O)NCc1nnc(-c2ccc(OCc3ccccc3)cc2)o1. The molecule has 39 heavy (non-hydrogen) atoms. The lowest BCUT2D eigenvalue weighted by atomic mass is 10.1. The number of carbonyl (C=O) groups excluding carboxylic acids is 2. The van der Waals surface area contributed by atoms with Crippen LogP contribution < -0.4 is 14.8 Å². The first kappa shape index (κ1) is 27.4. The fourth-order valence-electron chi connectivity index (χ4n) is 3.58. The Hall–Kier alpha value is -4.60. The summed E-state index contributed by atoms with van der Waals surface area (Å²) in [5.74, 6) is -1.55. The highest BCUT2D eigenvalue weighted by Crippen LogP contribution is 2.22. The molecule has 1 N–H and O–H groups in total. The number of aromatic nitrogens is 2. The van der Waals surface area contributed by atoms with Crippen molar-refractivity contribution in [2.24, 2.45) is 0 Å². The summed E-state index contributed by atoms with van der Waals surface area (Å²) in [6, 6.07) is 20.0. The summed E-state index contributed by atoms with van der Waals surface area (Å²) in [5.41, 5.74) is 1.75. The molecule has 0 aliphatic carbocycles. The maximum absolute atomic E-state index is 13.5. The van der Waals surface area contributed by atoms with E-state index in [1.165, 1.54) is 0 Å². The second kappa shape index (κ2) is 13.8. The highest BCUT2D eigenvalue weighted by Gasteiger charge is 2.15. The van der Waals surface area contributed by atoms with Crippen LogP contribution in [0.15, 0.2) is 77.2 Å². The normalized spacial score (nSPS) is 10.7. The summed E-state index contributed by atoms with van der Waals surface area (Å²) < 4.78 is 43.2. The van der Waals surface area contributed by atoms with Gasteiger partial charge in [0.2, 0.25) is 17.6 Å². The zero-order valence-corrected chi connectivity index (χ0v) is 21.1. The van der Waals surface area contributed by atoms with Gasteiger partial charge in [-0.1, -0.05) is 30.3 Å². The van der Waals surface area contributed by atoms with Crippen molar-refractivity contribution in [2.45, 2.75) is 38.8 Å². The lowest BCUT2D eigenvalue weighted by molar-refractivity contribution is -0.138. The van der Waals surface area contributed by atoms with Crippen LogP contribution in [-0.2, 0) is 22.7 Å². The van der Waals surface area contributed by atoms with Gasteiger partial charge in [-0.2, -0.15) is 0 Å². The van der Waals surface area contributed by atoms with Crippen LogP contribution in [-0.4, -0.2) is 28.5 Å². The van der Waals surface area contributed by atoms with E-state index < -0.39 is 23.3 Å². The number of hydrogen-bond donors (Lipinski definition) is 1. The van der Waals surface area contributed by atoms with Crippen molar-refractivity contribution in [1.82, 2.24) is 15.5 Å². The van der Waals surface area contributed by atoms with E-state index in [4.69, 9.17) is 13.9 Å². The molecule has 0 radical (unpaired) electrons. The highest BCUT2D eigenvalue weighted by molar-refractivity contribution is 6.36. The molecular weight excluding hydrogens is 508 g/mol. The average molecular weight is 536 g/mol. The molecule has 10 heteroatoms. The van der Waals surface area contributed by atoms with E-state index in [0.717, 1.165) is 23.8 Å². The van der Waals surface area contributed by atoms with Gasteiger partial charge >= 0.3 is 0 Å². The zero-order valence-electron chi connectivity index (χ0n) is 21.1. The van der Waals surface area contributed by atoms with Crippen LogP contribution in [0.3, 0.4) is 0 Å². The number of unbranched alkanes of at least 4 members (excludes halogenated alkanes) is 2. The molecule has 0 saturated heterocycles. The number of halogens is 2. The Bertz CT molecular complexity index is 1380. The van der Waals surface area contributed by atoms with E-state index in [2.05, 4.69) is 15.5 Å². The summed E-state index contributed by atoms with van der Waals surface area (Å²) in [7, 11) is 0. The summed E-state index contributed by atoms with van der Waals surface area (Å²) >= 11 is 0. The third-order valence-electron chi connectivity index (χ3n) is 5.67. The van der Waals surface area contributed by atoms with E-state index in [1.807, 2.05) is 30.3 Å². The predicted octanol–water partition coefficient (Wildman–Crippen LogP) is 5.42. The van der Waals surface area contributed by atoms with Gasteiger partial charge in [-0.05, 0) is 61.2 Å². The van der Waals surface area contributed by atoms with Gasteiger partial charge in [-0.15, -0.1) is 10.2 Å². The van der Waals surface area contributed by atoms with Crippen molar-refractivity contribution in [3.8, 4) is 23.0 Å². The summed E-state index contributed by atoms with van der Waals surface area (Å²) in [6.45, 7) is 0.544. The van der Waals surface area contributed by atoms with E-state index in [0.29, 0.717) is 37.2 Å². The number of ether oxygens (including phenoxy) is 2. The van der Waals surface area contributed by atoms with E-state index in [1.54, 1.807) is 24.3 Å². The molecule has 0 aliphatic heterocycles. The molecular formula is C29H27F2N3O5. The Kier molecular flexibility index (Phi) is 9.71. The third kappa shape index (κ3) is 8.46. The lowest BCUT2D eigenvalue weighted by Crippen LogP contribution is -2.30. The molecule has 0 aliphatic rings. The average Bonchev–Trinajstić information content (AvgIpc) is 3.44. The van der Waals surface area contributed by atoms with Gasteiger partial charge in [-0.3, -0.25) is 9.59 Å². The number of ketones is 1. The lowest BCUT2D eigenvalue weighted by Gasteiger charge is -2.07. The number of hydrogen-bond acceptors (Lipinski definition) is 7. The molecule has 0 bridgehead atoms. The van der Waals surface area contributed by atoms with Crippen molar-refractivity contribution in [3.05, 3.63) is 95.9 Å². The third-order valence-corrected chi connectivity index (χ3v) is 5.67. The standard InChI is InChI=1S/C29H27F2N3O5/c30-22-12-15-24(31)26(17-22)37-16-6-2-5-9-25(35)28(36)32-18-27-33-34-29(39-27)21-10-13-23(14-11-21)38-19-20-7-3-1-4-8-20/h1,3-4,7-8,10-15,17H,2,5-6,9,16,18-19H2,(H,32,36). The first-order valence-corrected chi connectivity index (χ1v) is 12.5. The Morgan fingerprint density at radius 3 is 2.46 bits per heavy atom. The van der Waals surface area contributed by atoms with Crippen molar-refractivity contribution < 1.29 is 32.3 Å². The van der Waals surface area contributed by atoms with E-state index in [-0.39, 0.29) is 37.1 Å². The first-order chi connectivity index (χ1) is 19.0. The van der Waals surface area contributed by atoms with Crippen LogP contribution in [0, 0.1) is 11.6 Å². The molecule has 0 fully saturated rings. The monoisotopic (exact) mass is 535 g/mol. The van der Waals surface area contributed by atoms with Crippen molar-refractivity contribution in [1.29, 1.82) is 0 Å². The number of Topliss-reactive ketones (excluding diaryl/α,β-unsaturated/α-hetero) is 1. The first-order valence-electron chi connectivity index (χ1n) is 12.5. The number of benzene rings is 3. The highest BCUT2D eigenvalue weighted by atomic mass is 19.1. The molecule has 0 spiro atoms. The Labute approximate surface area is 224 Å². The van der Waals surface area contributed by atoms with Crippen molar-refractivity contribution >= 4 is 11.7 Å². The number of nitrogens with zero attached hydrogens (tertiary/aromatic N) is 2. The van der Waals surface area contributed by atoms with Gasteiger partial charge in [0.25, 0.3) is 5.91 Å². The van der Waals surface area contributed by atoms with E-state index in [9.17, 15) is 18.4 Å². The zero-order chi connectivity index (χ0) is 27.5. The van der Waals surface area contributed by atoms with Crippen LogP contribution in [0.1, 0.15) is 37.1 Å². The van der Waals surface area contributed by atoms with Gasteiger partial charge in [0.05, 0.1) is 13.2 Å². The predicted molar refractivity (Wildman–Crippen MR) is 138 cm³/mol. The molecule has 202 valence electrons. The van der Waals surface area contributed by atoms with Crippen molar-refractivity contribution in [2.75, 3.05) is 6.61 Å². The van der Waals surface area contributed by atoms with Crippen LogP contribution in [0.2, 0.25) is 0 Å². The second-order valence-electron chi connectivity index (χ2n) is 8.64. The Balaban J connectivity index is 1.13. The minimum Gasteiger partial charge on any atom is -0.490 e. The van der Waals surface area contributed by atoms with E-state index >= 15 is 0 Å². The van der Waals surface area contributed by atoms with Crippen molar-refractivity contribution in [3.63, 3.8) is 0 Å². The minimum atomic E-state index is -0.743. The second-order valence-corrected chi connectivity index (χ2v) is 8.64. The number of amides is 1. The fourth-order valence-corrected chi connectivity index (χ4v) is 3.58. The molecule has 1 heterocycles. The van der Waals surface area contributed by atoms with Gasteiger partial charge in [0, 0.05) is 18.1 Å². The van der Waals surface area contributed by atoms with Crippen LogP contribution in [0.4, 0.5) is 8.78 Å². The summed E-state index contributed by atoms with van der Waals surface area (Å²) in [4.78, 5) is 24.2. The quantitative estimate of drug-likeness (QED) is 0.170. The van der Waals surface area contributed by atoms with Gasteiger partial charge in [0.1, 0.15) is 18.2 Å². The van der Waals surface area contributed by atoms with Gasteiger partial charge in [-0.25, -0.2) is 8.78 Å². The molecule has 8 nitrogen and oxygen atoms in total. The topological polar surface area (TPSA) is 104 Å². The Morgan fingerprint density at radius 2 is 1.67 bits per heavy atom. The fraction of sp³-hybridized carbons (Fsp3) is 0.241. The van der Waals surface area contributed by atoms with Crippen LogP contribution >= 0.6 is 0 Å². The molecule has 1 amide bonds. The molecule has 0 unspecified atom stereocenters. The molecule has 0 saturated carbocycles. The minimum absolute atomic E-state index is 0.0495. The number of rotatable bonds is 14. The van der Waals surface area contributed by atoms with Crippen LogP contribution in [0.5, 0.6) is 11.5 Å². The largest absolute Gasteiger partial charge is 0.490 e. The maximum Gasteiger partial charge on any atom is 0.287 e. The summed E-state index contributed by atoms with van der Waals surface area (Å²) in [6.07, 6.45) is 1.61. The summed E-state index contributed by atoms with van der Waals surface area (Å²) in [5, 5.41) is 10.4. The molecule has 3 aromatic carbocycles. The molecule has 4 aromatic rings. The van der Waals surface area contributed by atoms with Gasteiger partial charge < -0.3 is 19.2 Å².